The molecule has 44 heavy (non-hydrogen) atoms. The molecule has 1 aliphatic heterocycles. The third kappa shape index (κ3) is 8.76. The van der Waals surface area contributed by atoms with E-state index in [0.717, 1.165) is 36.1 Å². The van der Waals surface area contributed by atoms with E-state index in [1.54, 1.807) is 18.2 Å². The standard InChI is InChI=1S/C32H34Cl4N4O3S/c1-4-6-7-8-9-10-28(41)37-21-12-13-22(34)25(18-21)38-31-30(44-27-15-19(3)11-14-26(27)43-5-2)32(42)40(39-31)29-23(35)16-20(33)17-24(29)36/h11-18,30H,4-10H2,1-3H3,(H,37,41)(H,38,39). The van der Waals surface area contributed by atoms with Gasteiger partial charge in [0.15, 0.2) is 11.1 Å². The number of unbranched alkanes of at least 4 members (excludes halogenated alkanes) is 4. The number of nitrogens with zero attached hydrogens (tertiary/aromatic N) is 2. The SMILES string of the molecule is CCCCCCCC(=O)Nc1ccc(Cl)c(NC2=NN(c3c(Cl)cc(Cl)cc3Cl)C(=O)C2Sc2cc(C)ccc2OCC)c1. The zero-order chi connectivity index (χ0) is 31.8. The first-order chi connectivity index (χ1) is 21.1. The van der Waals surface area contributed by atoms with Crippen LogP contribution in [0.1, 0.15) is 57.9 Å². The predicted octanol–water partition coefficient (Wildman–Crippen LogP) is 10.2. The van der Waals surface area contributed by atoms with Crippen molar-refractivity contribution in [3.8, 4) is 5.75 Å². The fourth-order valence-corrected chi connectivity index (χ4v) is 6.90. The molecule has 234 valence electrons. The number of ether oxygens (including phenoxy) is 1. The van der Waals surface area contributed by atoms with E-state index in [1.807, 2.05) is 32.0 Å². The number of carbonyl (C=O) groups excluding carboxylic acids is 2. The van der Waals surface area contributed by atoms with E-state index in [-0.39, 0.29) is 27.5 Å². The lowest BCUT2D eigenvalue weighted by Gasteiger charge is -2.18. The summed E-state index contributed by atoms with van der Waals surface area (Å²) in [7, 11) is 0. The van der Waals surface area contributed by atoms with Crippen LogP contribution in [-0.4, -0.2) is 29.5 Å². The molecule has 0 aromatic heterocycles. The van der Waals surface area contributed by atoms with Crippen molar-refractivity contribution in [2.24, 2.45) is 5.10 Å². The Hall–Kier alpha value is -2.62. The van der Waals surface area contributed by atoms with Crippen molar-refractivity contribution in [2.45, 2.75) is 69.4 Å². The second kappa shape index (κ2) is 16.1. The Bertz CT molecular complexity index is 1530. The van der Waals surface area contributed by atoms with E-state index in [4.69, 9.17) is 51.1 Å². The average molecular weight is 697 g/mol. The Balaban J connectivity index is 1.64. The van der Waals surface area contributed by atoms with Crippen LogP contribution in [0.15, 0.2) is 58.5 Å². The van der Waals surface area contributed by atoms with Crippen molar-refractivity contribution in [3.63, 3.8) is 0 Å². The molecule has 0 aliphatic carbocycles. The molecule has 4 rings (SSSR count). The van der Waals surface area contributed by atoms with Crippen LogP contribution in [0.2, 0.25) is 20.1 Å². The highest BCUT2D eigenvalue weighted by atomic mass is 35.5. The molecule has 1 unspecified atom stereocenters. The number of rotatable bonds is 13. The van der Waals surface area contributed by atoms with E-state index in [2.05, 4.69) is 22.7 Å². The van der Waals surface area contributed by atoms with E-state index in [0.29, 0.717) is 46.0 Å². The summed E-state index contributed by atoms with van der Waals surface area (Å²) < 4.78 is 5.85. The Morgan fingerprint density at radius 2 is 1.68 bits per heavy atom. The molecule has 3 aromatic carbocycles. The van der Waals surface area contributed by atoms with Gasteiger partial charge >= 0.3 is 0 Å². The number of hydrazone groups is 1. The van der Waals surface area contributed by atoms with E-state index >= 15 is 0 Å². The van der Waals surface area contributed by atoms with E-state index in [9.17, 15) is 9.59 Å². The number of hydrogen-bond donors (Lipinski definition) is 2. The van der Waals surface area contributed by atoms with Gasteiger partial charge in [0.2, 0.25) is 5.91 Å². The Morgan fingerprint density at radius 3 is 2.39 bits per heavy atom. The topological polar surface area (TPSA) is 83.0 Å². The van der Waals surface area contributed by atoms with Crippen LogP contribution in [0.3, 0.4) is 0 Å². The molecular weight excluding hydrogens is 662 g/mol. The summed E-state index contributed by atoms with van der Waals surface area (Å²) >= 11 is 27.0. The number of halogens is 4. The number of carbonyl (C=O) groups is 2. The van der Waals surface area contributed by atoms with Gasteiger partial charge in [-0.2, -0.15) is 5.01 Å². The van der Waals surface area contributed by atoms with Crippen molar-refractivity contribution >= 4 is 92.9 Å². The van der Waals surface area contributed by atoms with Gasteiger partial charge in [0.05, 0.1) is 32.3 Å². The molecule has 0 saturated carbocycles. The molecule has 1 atom stereocenters. The Labute approximate surface area is 282 Å². The molecule has 12 heteroatoms. The van der Waals surface area contributed by atoms with Crippen molar-refractivity contribution in [2.75, 3.05) is 22.2 Å². The molecule has 3 aromatic rings. The van der Waals surface area contributed by atoms with Crippen LogP contribution in [0.25, 0.3) is 0 Å². The summed E-state index contributed by atoms with van der Waals surface area (Å²) in [5.41, 5.74) is 2.26. The minimum Gasteiger partial charge on any atom is -0.493 e. The monoisotopic (exact) mass is 694 g/mol. The molecule has 1 heterocycles. The summed E-state index contributed by atoms with van der Waals surface area (Å²) in [6, 6.07) is 13.9. The van der Waals surface area contributed by atoms with E-state index < -0.39 is 5.25 Å². The fourth-order valence-electron chi connectivity index (χ4n) is 4.59. The Kier molecular flexibility index (Phi) is 12.5. The third-order valence-corrected chi connectivity index (χ3v) is 9.10. The largest absolute Gasteiger partial charge is 0.493 e. The van der Waals surface area contributed by atoms with Crippen molar-refractivity contribution in [3.05, 3.63) is 74.2 Å². The maximum atomic E-state index is 14.0. The summed E-state index contributed by atoms with van der Waals surface area (Å²) in [5.74, 6) is 0.495. The maximum Gasteiger partial charge on any atom is 0.268 e. The molecule has 7 nitrogen and oxygen atoms in total. The number of amidine groups is 1. The van der Waals surface area contributed by atoms with Crippen molar-refractivity contribution in [1.29, 1.82) is 0 Å². The van der Waals surface area contributed by atoms with Gasteiger partial charge in [0, 0.05) is 17.1 Å². The highest BCUT2D eigenvalue weighted by molar-refractivity contribution is 8.01. The van der Waals surface area contributed by atoms with Gasteiger partial charge in [-0.05, 0) is 68.3 Å². The summed E-state index contributed by atoms with van der Waals surface area (Å²) in [6.45, 7) is 6.49. The van der Waals surface area contributed by atoms with Crippen LogP contribution in [0.5, 0.6) is 5.75 Å². The normalized spacial score (nSPS) is 14.5. The van der Waals surface area contributed by atoms with E-state index in [1.165, 1.54) is 35.3 Å². The zero-order valence-corrected chi connectivity index (χ0v) is 28.5. The molecule has 0 saturated heterocycles. The molecule has 0 fully saturated rings. The molecular formula is C32H34Cl4N4O3S. The second-order valence-corrected chi connectivity index (χ2v) is 13.1. The zero-order valence-electron chi connectivity index (χ0n) is 24.7. The quantitative estimate of drug-likeness (QED) is 0.174. The van der Waals surface area contributed by atoms with Gasteiger partial charge < -0.3 is 15.4 Å². The summed E-state index contributed by atoms with van der Waals surface area (Å²) in [6.07, 6.45) is 5.73. The third-order valence-electron chi connectivity index (χ3n) is 6.75. The number of hydrogen-bond acceptors (Lipinski definition) is 6. The number of amides is 2. The smallest absolute Gasteiger partial charge is 0.268 e. The molecule has 1 aliphatic rings. The predicted molar refractivity (Wildman–Crippen MR) is 185 cm³/mol. The number of nitrogens with one attached hydrogen (secondary N) is 2. The van der Waals surface area contributed by atoms with Gasteiger partial charge in [-0.3, -0.25) is 9.59 Å². The number of benzene rings is 3. The maximum absolute atomic E-state index is 14.0. The highest BCUT2D eigenvalue weighted by Crippen LogP contribution is 2.42. The number of aryl methyl sites for hydroxylation is 1. The van der Waals surface area contributed by atoms with Gasteiger partial charge in [-0.1, -0.05) is 85.1 Å². The number of thioether (sulfide) groups is 1. The molecule has 0 radical (unpaired) electrons. The molecule has 2 N–H and O–H groups in total. The van der Waals surface area contributed by atoms with Gasteiger partial charge in [-0.25, -0.2) is 0 Å². The van der Waals surface area contributed by atoms with Gasteiger partial charge in [0.1, 0.15) is 11.4 Å². The first-order valence-corrected chi connectivity index (χ1v) is 16.8. The first kappa shape index (κ1) is 34.3. The first-order valence-electron chi connectivity index (χ1n) is 14.4. The molecule has 0 bridgehead atoms. The number of anilines is 3. The van der Waals surface area contributed by atoms with Crippen LogP contribution in [-0.2, 0) is 9.59 Å². The lowest BCUT2D eigenvalue weighted by molar-refractivity contribution is -0.117. The van der Waals surface area contributed by atoms with Gasteiger partial charge in [-0.15, -0.1) is 16.9 Å². The second-order valence-electron chi connectivity index (χ2n) is 10.3. The molecule has 0 spiro atoms. The highest BCUT2D eigenvalue weighted by Gasteiger charge is 2.40. The minimum atomic E-state index is -0.837. The van der Waals surface area contributed by atoms with Crippen LogP contribution >= 0.6 is 58.2 Å². The van der Waals surface area contributed by atoms with Crippen LogP contribution < -0.4 is 20.4 Å². The fraction of sp³-hybridized carbons (Fsp3) is 0.344. The van der Waals surface area contributed by atoms with Crippen LogP contribution in [0, 0.1) is 6.92 Å². The minimum absolute atomic E-state index is 0.0716. The lowest BCUT2D eigenvalue weighted by atomic mass is 10.1. The van der Waals surface area contributed by atoms with Crippen molar-refractivity contribution < 1.29 is 14.3 Å². The average Bonchev–Trinajstić information content (AvgIpc) is 3.25. The lowest BCUT2D eigenvalue weighted by Crippen LogP contribution is -2.32. The van der Waals surface area contributed by atoms with Crippen LogP contribution in [0.4, 0.5) is 17.1 Å². The summed E-state index contributed by atoms with van der Waals surface area (Å²) in [5, 5.41) is 12.2. The Morgan fingerprint density at radius 1 is 0.955 bits per heavy atom. The van der Waals surface area contributed by atoms with Gasteiger partial charge in [0.25, 0.3) is 5.91 Å². The van der Waals surface area contributed by atoms with Crippen molar-refractivity contribution in [1.82, 2.24) is 0 Å². The molecule has 2 amide bonds. The summed E-state index contributed by atoms with van der Waals surface area (Å²) in [4.78, 5) is 27.3.